The molecule has 0 aromatic carbocycles. The first-order chi connectivity index (χ1) is 6.78. The maximum absolute atomic E-state index is 12.1. The SMILES string of the molecule is CC(C)Sn1nc(Cl)cc1SC(F)(F)F. The van der Waals surface area contributed by atoms with Crippen LogP contribution < -0.4 is 0 Å². The lowest BCUT2D eigenvalue weighted by atomic mass is 10.6. The molecular formula is C7H8ClF3N2S2. The molecule has 0 bridgehead atoms. The molecule has 15 heavy (non-hydrogen) atoms. The molecule has 0 atom stereocenters. The van der Waals surface area contributed by atoms with Gasteiger partial charge in [-0.2, -0.15) is 17.3 Å². The zero-order valence-electron chi connectivity index (χ0n) is 7.88. The molecule has 0 fully saturated rings. The predicted octanol–water partition coefficient (Wildman–Crippen LogP) is 4.05. The minimum absolute atomic E-state index is 0.00815. The third kappa shape index (κ3) is 4.56. The van der Waals surface area contributed by atoms with Crippen LogP contribution in [0.5, 0.6) is 0 Å². The van der Waals surface area contributed by atoms with E-state index in [0.717, 1.165) is 0 Å². The third-order valence-electron chi connectivity index (χ3n) is 1.15. The number of hydrogen-bond acceptors (Lipinski definition) is 3. The summed E-state index contributed by atoms with van der Waals surface area (Å²) in [5.74, 6) is 0. The van der Waals surface area contributed by atoms with Gasteiger partial charge in [0.2, 0.25) is 0 Å². The highest BCUT2D eigenvalue weighted by molar-refractivity contribution is 8.02. The van der Waals surface area contributed by atoms with Gasteiger partial charge in [0.1, 0.15) is 5.03 Å². The van der Waals surface area contributed by atoms with Crippen molar-refractivity contribution in [3.05, 3.63) is 11.2 Å². The number of halogens is 4. The Morgan fingerprint density at radius 2 is 2.07 bits per heavy atom. The van der Waals surface area contributed by atoms with Crippen molar-refractivity contribution in [2.75, 3.05) is 0 Å². The first-order valence-corrected chi connectivity index (χ1v) is 5.99. The van der Waals surface area contributed by atoms with E-state index in [1.807, 2.05) is 13.8 Å². The van der Waals surface area contributed by atoms with Crippen molar-refractivity contribution in [3.63, 3.8) is 0 Å². The third-order valence-corrected chi connectivity index (χ3v) is 3.08. The van der Waals surface area contributed by atoms with Gasteiger partial charge in [-0.3, -0.25) is 0 Å². The van der Waals surface area contributed by atoms with Gasteiger partial charge in [-0.1, -0.05) is 25.4 Å². The zero-order valence-corrected chi connectivity index (χ0v) is 10.3. The number of hydrogen-bond donors (Lipinski definition) is 0. The van der Waals surface area contributed by atoms with Crippen molar-refractivity contribution in [2.45, 2.75) is 29.6 Å². The maximum Gasteiger partial charge on any atom is 0.447 e. The number of rotatable bonds is 3. The molecule has 0 aliphatic heterocycles. The highest BCUT2D eigenvalue weighted by Crippen LogP contribution is 2.39. The predicted molar refractivity (Wildman–Crippen MR) is 57.3 cm³/mol. The summed E-state index contributed by atoms with van der Waals surface area (Å²) in [6.07, 6.45) is 0. The molecule has 1 aromatic heterocycles. The summed E-state index contributed by atoms with van der Waals surface area (Å²) in [6.45, 7) is 3.73. The summed E-state index contributed by atoms with van der Waals surface area (Å²) in [6, 6.07) is 1.20. The molecular weight excluding hydrogens is 269 g/mol. The summed E-state index contributed by atoms with van der Waals surface area (Å²) in [7, 11) is 0. The van der Waals surface area contributed by atoms with Gasteiger partial charge < -0.3 is 0 Å². The molecule has 0 aliphatic carbocycles. The minimum atomic E-state index is -4.32. The van der Waals surface area contributed by atoms with Crippen LogP contribution in [0.3, 0.4) is 0 Å². The van der Waals surface area contributed by atoms with Crippen LogP contribution in [0.1, 0.15) is 13.8 Å². The van der Waals surface area contributed by atoms with Crippen molar-refractivity contribution in [1.82, 2.24) is 9.19 Å². The Hall–Kier alpha value is -0.0100. The van der Waals surface area contributed by atoms with Gasteiger partial charge in [0.25, 0.3) is 0 Å². The van der Waals surface area contributed by atoms with Crippen LogP contribution in [0.4, 0.5) is 13.2 Å². The molecule has 0 radical (unpaired) electrons. The van der Waals surface area contributed by atoms with Crippen LogP contribution in [0.25, 0.3) is 0 Å². The van der Waals surface area contributed by atoms with E-state index in [4.69, 9.17) is 11.6 Å². The first-order valence-electron chi connectivity index (χ1n) is 3.96. The van der Waals surface area contributed by atoms with E-state index in [1.165, 1.54) is 22.1 Å². The molecule has 2 nitrogen and oxygen atoms in total. The van der Waals surface area contributed by atoms with Gasteiger partial charge in [0.15, 0.2) is 5.15 Å². The van der Waals surface area contributed by atoms with E-state index in [9.17, 15) is 13.2 Å². The van der Waals surface area contributed by atoms with Crippen LogP contribution in [-0.2, 0) is 0 Å². The van der Waals surface area contributed by atoms with Gasteiger partial charge in [0.05, 0.1) is 0 Å². The summed E-state index contributed by atoms with van der Waals surface area (Å²) in [5.41, 5.74) is -4.32. The van der Waals surface area contributed by atoms with Crippen molar-refractivity contribution >= 4 is 35.3 Å². The Morgan fingerprint density at radius 3 is 2.53 bits per heavy atom. The van der Waals surface area contributed by atoms with Crippen LogP contribution in [-0.4, -0.2) is 19.9 Å². The minimum Gasteiger partial charge on any atom is -0.198 e. The van der Waals surface area contributed by atoms with Gasteiger partial charge in [-0.15, -0.1) is 5.10 Å². The quantitative estimate of drug-likeness (QED) is 0.776. The van der Waals surface area contributed by atoms with Crippen LogP contribution >= 0.6 is 35.3 Å². The van der Waals surface area contributed by atoms with Gasteiger partial charge in [-0.05, 0) is 11.9 Å². The number of alkyl halides is 3. The number of thioether (sulfide) groups is 1. The Labute approximate surface area is 98.7 Å². The molecule has 0 saturated heterocycles. The molecule has 0 spiro atoms. The Balaban J connectivity index is 2.86. The average Bonchev–Trinajstić information content (AvgIpc) is 2.25. The molecule has 1 aromatic rings. The summed E-state index contributed by atoms with van der Waals surface area (Å²) < 4.78 is 37.6. The van der Waals surface area contributed by atoms with Crippen LogP contribution in [0.15, 0.2) is 11.1 Å². The second-order valence-corrected chi connectivity index (χ2v) is 5.85. The van der Waals surface area contributed by atoms with Crippen LogP contribution in [0, 0.1) is 0 Å². The summed E-state index contributed by atoms with van der Waals surface area (Å²) in [5, 5.41) is 3.95. The molecule has 0 unspecified atom stereocenters. The second kappa shape index (κ2) is 4.88. The van der Waals surface area contributed by atoms with Gasteiger partial charge in [0, 0.05) is 23.1 Å². The lowest BCUT2D eigenvalue weighted by molar-refractivity contribution is -0.0329. The molecule has 0 N–H and O–H groups in total. The summed E-state index contributed by atoms with van der Waals surface area (Å²) in [4.78, 5) is 0. The molecule has 0 aliphatic rings. The summed E-state index contributed by atoms with van der Waals surface area (Å²) >= 11 is 6.52. The lowest BCUT2D eigenvalue weighted by Crippen LogP contribution is -2.04. The molecule has 1 rings (SSSR count). The number of nitrogens with zero attached hydrogens (tertiary/aromatic N) is 2. The van der Waals surface area contributed by atoms with E-state index >= 15 is 0 Å². The zero-order chi connectivity index (χ0) is 11.6. The van der Waals surface area contributed by atoms with E-state index in [2.05, 4.69) is 5.10 Å². The lowest BCUT2D eigenvalue weighted by Gasteiger charge is -2.09. The van der Waals surface area contributed by atoms with Gasteiger partial charge >= 0.3 is 5.51 Å². The van der Waals surface area contributed by atoms with Crippen LogP contribution in [0.2, 0.25) is 5.15 Å². The van der Waals surface area contributed by atoms with Crippen molar-refractivity contribution < 1.29 is 13.2 Å². The smallest absolute Gasteiger partial charge is 0.198 e. The maximum atomic E-state index is 12.1. The highest BCUT2D eigenvalue weighted by Gasteiger charge is 2.31. The number of aromatic nitrogens is 2. The molecule has 1 heterocycles. The molecule has 86 valence electrons. The topological polar surface area (TPSA) is 17.8 Å². The largest absolute Gasteiger partial charge is 0.447 e. The Morgan fingerprint density at radius 1 is 1.47 bits per heavy atom. The van der Waals surface area contributed by atoms with E-state index in [1.54, 1.807) is 0 Å². The average molecular weight is 277 g/mol. The molecule has 0 saturated carbocycles. The standard InChI is InChI=1S/C7H8ClF3N2S2/c1-4(2)15-13-6(3-5(8)12-13)14-7(9,10)11/h3-4H,1-2H3. The van der Waals surface area contributed by atoms with Crippen molar-refractivity contribution in [2.24, 2.45) is 0 Å². The molecule has 8 heteroatoms. The molecule has 0 amide bonds. The van der Waals surface area contributed by atoms with Crippen molar-refractivity contribution in [3.8, 4) is 0 Å². The fourth-order valence-corrected chi connectivity index (χ4v) is 2.53. The monoisotopic (exact) mass is 276 g/mol. The van der Waals surface area contributed by atoms with Crippen molar-refractivity contribution in [1.29, 1.82) is 0 Å². The fourth-order valence-electron chi connectivity index (χ4n) is 0.784. The second-order valence-electron chi connectivity index (χ2n) is 2.88. The fraction of sp³-hybridized carbons (Fsp3) is 0.571. The Kier molecular flexibility index (Phi) is 4.25. The highest BCUT2D eigenvalue weighted by atomic mass is 35.5. The van der Waals surface area contributed by atoms with E-state index in [0.29, 0.717) is 0 Å². The first kappa shape index (κ1) is 13.1. The van der Waals surface area contributed by atoms with E-state index < -0.39 is 5.51 Å². The Bertz CT molecular complexity index is 337. The normalized spacial score (nSPS) is 12.5. The van der Waals surface area contributed by atoms with E-state index in [-0.39, 0.29) is 27.2 Å². The van der Waals surface area contributed by atoms with Gasteiger partial charge in [-0.25, -0.2) is 0 Å².